The van der Waals surface area contributed by atoms with E-state index in [-0.39, 0.29) is 7.92 Å². The largest absolute Gasteiger partial charge is 0.0799 e. The Bertz CT molecular complexity index is 268. The molecule has 0 saturated carbocycles. The standard InChI is InChI=1S/C12H15P/c1-4-10-6-2-8-12-9-3-7-11(5-1)13(10)12/h4,7-8H,1-3,5-6,9H2. The molecule has 68 valence electrons. The van der Waals surface area contributed by atoms with Gasteiger partial charge in [0.1, 0.15) is 0 Å². The summed E-state index contributed by atoms with van der Waals surface area (Å²) in [4.78, 5) is 0. The third-order valence-corrected chi connectivity index (χ3v) is 6.14. The van der Waals surface area contributed by atoms with Crippen LogP contribution < -0.4 is 0 Å². The quantitative estimate of drug-likeness (QED) is 0.493. The molecule has 0 aromatic carbocycles. The van der Waals surface area contributed by atoms with Crippen LogP contribution in [0.4, 0.5) is 0 Å². The van der Waals surface area contributed by atoms with E-state index in [1.165, 1.54) is 38.5 Å². The van der Waals surface area contributed by atoms with Crippen molar-refractivity contribution in [1.82, 2.24) is 0 Å². The highest BCUT2D eigenvalue weighted by Gasteiger charge is 2.29. The van der Waals surface area contributed by atoms with Gasteiger partial charge in [-0.2, -0.15) is 0 Å². The van der Waals surface area contributed by atoms with Crippen LogP contribution in [0.2, 0.25) is 0 Å². The fraction of sp³-hybridized carbons (Fsp3) is 0.500. The first-order valence-electron chi connectivity index (χ1n) is 5.32. The molecule has 0 aliphatic carbocycles. The molecule has 0 fully saturated rings. The zero-order chi connectivity index (χ0) is 8.67. The molecular weight excluding hydrogens is 175 g/mol. The van der Waals surface area contributed by atoms with Gasteiger partial charge in [0.25, 0.3) is 0 Å². The summed E-state index contributed by atoms with van der Waals surface area (Å²) < 4.78 is 0. The molecule has 3 heterocycles. The minimum Gasteiger partial charge on any atom is -0.0799 e. The molecule has 13 heavy (non-hydrogen) atoms. The predicted molar refractivity (Wildman–Crippen MR) is 58.9 cm³/mol. The van der Waals surface area contributed by atoms with Gasteiger partial charge < -0.3 is 0 Å². The van der Waals surface area contributed by atoms with Crippen molar-refractivity contribution < 1.29 is 0 Å². The lowest BCUT2D eigenvalue weighted by atomic mass is 10.1. The summed E-state index contributed by atoms with van der Waals surface area (Å²) in [6.45, 7) is 0. The Balaban J connectivity index is 2.09. The summed E-state index contributed by atoms with van der Waals surface area (Å²) in [5.41, 5.74) is 0. The smallest absolute Gasteiger partial charge is 0.0237 e. The van der Waals surface area contributed by atoms with E-state index in [9.17, 15) is 0 Å². The van der Waals surface area contributed by atoms with E-state index in [0.29, 0.717) is 0 Å². The highest BCUT2D eigenvalue weighted by atomic mass is 31.1. The van der Waals surface area contributed by atoms with Gasteiger partial charge in [-0.25, -0.2) is 0 Å². The van der Waals surface area contributed by atoms with Crippen LogP contribution in [0, 0.1) is 0 Å². The first-order chi connectivity index (χ1) is 6.45. The number of rotatable bonds is 0. The molecule has 0 N–H and O–H groups in total. The van der Waals surface area contributed by atoms with E-state index in [0.717, 1.165) is 0 Å². The molecule has 0 bridgehead atoms. The molecule has 0 nitrogen and oxygen atoms in total. The molecule has 0 radical (unpaired) electrons. The molecule has 0 amide bonds. The predicted octanol–water partition coefficient (Wildman–Crippen LogP) is 4.50. The fourth-order valence-electron chi connectivity index (χ4n) is 2.63. The third kappa shape index (κ3) is 1.23. The van der Waals surface area contributed by atoms with E-state index in [2.05, 4.69) is 18.2 Å². The molecule has 0 unspecified atom stereocenters. The van der Waals surface area contributed by atoms with E-state index in [1.54, 1.807) is 15.9 Å². The second kappa shape index (κ2) is 3.10. The van der Waals surface area contributed by atoms with Crippen molar-refractivity contribution in [3.8, 4) is 0 Å². The lowest BCUT2D eigenvalue weighted by molar-refractivity contribution is 0.894. The van der Waals surface area contributed by atoms with Crippen LogP contribution in [-0.2, 0) is 0 Å². The third-order valence-electron chi connectivity index (χ3n) is 3.20. The van der Waals surface area contributed by atoms with Crippen LogP contribution in [0.1, 0.15) is 38.5 Å². The van der Waals surface area contributed by atoms with E-state index in [4.69, 9.17) is 0 Å². The molecule has 3 rings (SSSR count). The maximum atomic E-state index is 2.53. The van der Waals surface area contributed by atoms with Gasteiger partial charge in [-0.1, -0.05) is 18.2 Å². The average Bonchev–Trinajstić information content (AvgIpc) is 2.19. The van der Waals surface area contributed by atoms with Crippen molar-refractivity contribution in [3.63, 3.8) is 0 Å². The van der Waals surface area contributed by atoms with Crippen LogP contribution in [0.5, 0.6) is 0 Å². The summed E-state index contributed by atoms with van der Waals surface area (Å²) >= 11 is 0. The van der Waals surface area contributed by atoms with E-state index >= 15 is 0 Å². The Kier molecular flexibility index (Phi) is 1.91. The van der Waals surface area contributed by atoms with Gasteiger partial charge in [0.15, 0.2) is 0 Å². The molecule has 1 heteroatoms. The van der Waals surface area contributed by atoms with Gasteiger partial charge in [0.2, 0.25) is 0 Å². The Morgan fingerprint density at radius 3 is 1.46 bits per heavy atom. The molecule has 0 atom stereocenters. The molecule has 0 spiro atoms. The first-order valence-corrected chi connectivity index (χ1v) is 6.66. The molecular formula is C12H15P. The summed E-state index contributed by atoms with van der Waals surface area (Å²) in [5, 5.41) is 5.39. The Morgan fingerprint density at radius 2 is 1.08 bits per heavy atom. The molecule has 0 aromatic heterocycles. The van der Waals surface area contributed by atoms with Crippen molar-refractivity contribution in [2.75, 3.05) is 0 Å². The monoisotopic (exact) mass is 190 g/mol. The maximum absolute atomic E-state index is 2.53. The van der Waals surface area contributed by atoms with E-state index in [1.807, 2.05) is 0 Å². The molecule has 3 aliphatic heterocycles. The highest BCUT2D eigenvalue weighted by Crippen LogP contribution is 2.68. The van der Waals surface area contributed by atoms with Crippen molar-refractivity contribution in [1.29, 1.82) is 0 Å². The van der Waals surface area contributed by atoms with E-state index < -0.39 is 0 Å². The summed E-state index contributed by atoms with van der Waals surface area (Å²) in [6.07, 6.45) is 15.6. The van der Waals surface area contributed by atoms with Crippen LogP contribution in [0.3, 0.4) is 0 Å². The van der Waals surface area contributed by atoms with Crippen molar-refractivity contribution >= 4 is 7.92 Å². The van der Waals surface area contributed by atoms with Crippen molar-refractivity contribution in [2.24, 2.45) is 0 Å². The topological polar surface area (TPSA) is 0 Å². The van der Waals surface area contributed by atoms with Gasteiger partial charge >= 0.3 is 0 Å². The van der Waals surface area contributed by atoms with Crippen LogP contribution in [-0.4, -0.2) is 0 Å². The normalized spacial score (nSPS) is 27.2. The van der Waals surface area contributed by atoms with Gasteiger partial charge in [-0.15, -0.1) is 0 Å². The van der Waals surface area contributed by atoms with Crippen LogP contribution in [0.25, 0.3) is 0 Å². The molecule has 0 saturated heterocycles. The van der Waals surface area contributed by atoms with Crippen molar-refractivity contribution in [2.45, 2.75) is 38.5 Å². The Morgan fingerprint density at radius 1 is 0.692 bits per heavy atom. The maximum Gasteiger partial charge on any atom is -0.0237 e. The molecule has 3 aliphatic rings. The fourth-order valence-corrected chi connectivity index (χ4v) is 5.73. The van der Waals surface area contributed by atoms with Gasteiger partial charge in [-0.3, -0.25) is 0 Å². The first kappa shape index (κ1) is 8.00. The van der Waals surface area contributed by atoms with Gasteiger partial charge in [0, 0.05) is 0 Å². The second-order valence-electron chi connectivity index (χ2n) is 4.04. The summed E-state index contributed by atoms with van der Waals surface area (Å²) in [5.74, 6) is 0. The lowest BCUT2D eigenvalue weighted by Gasteiger charge is -2.35. The highest BCUT2D eigenvalue weighted by molar-refractivity contribution is 7.70. The SMILES string of the molecule is C1=C2CCC=C3CCC=C(CC1)P23. The van der Waals surface area contributed by atoms with Crippen molar-refractivity contribution in [3.05, 3.63) is 34.2 Å². The minimum absolute atomic E-state index is 0.0992. The number of hydrogen-bond donors (Lipinski definition) is 0. The van der Waals surface area contributed by atoms with Crippen LogP contribution >= 0.6 is 7.92 Å². The molecule has 0 aromatic rings. The Labute approximate surface area is 81.2 Å². The Hall–Kier alpha value is -0.350. The summed E-state index contributed by atoms with van der Waals surface area (Å²) in [6, 6.07) is 0. The number of allylic oxidation sites excluding steroid dienone is 6. The van der Waals surface area contributed by atoms with Gasteiger partial charge in [-0.05, 0) is 62.4 Å². The zero-order valence-electron chi connectivity index (χ0n) is 7.92. The average molecular weight is 190 g/mol. The zero-order valence-corrected chi connectivity index (χ0v) is 8.82. The minimum atomic E-state index is 0.0992. The van der Waals surface area contributed by atoms with Crippen LogP contribution in [0.15, 0.2) is 34.2 Å². The summed E-state index contributed by atoms with van der Waals surface area (Å²) in [7, 11) is 0.0992. The number of hydrogen-bond acceptors (Lipinski definition) is 0. The lowest BCUT2D eigenvalue weighted by Crippen LogP contribution is -2.04. The van der Waals surface area contributed by atoms with Gasteiger partial charge in [0.05, 0.1) is 0 Å². The second-order valence-corrected chi connectivity index (χ2v) is 6.43.